The van der Waals surface area contributed by atoms with Crippen LogP contribution < -0.4 is 5.32 Å². The summed E-state index contributed by atoms with van der Waals surface area (Å²) in [7, 11) is 0. The maximum absolute atomic E-state index is 5.44. The van der Waals surface area contributed by atoms with Gasteiger partial charge in [-0.15, -0.1) is 0 Å². The fourth-order valence-electron chi connectivity index (χ4n) is 2.67. The van der Waals surface area contributed by atoms with Gasteiger partial charge in [0.15, 0.2) is 0 Å². The predicted molar refractivity (Wildman–Crippen MR) is 81.8 cm³/mol. The second-order valence-corrected chi connectivity index (χ2v) is 6.71. The Morgan fingerprint density at radius 2 is 1.89 bits per heavy atom. The summed E-state index contributed by atoms with van der Waals surface area (Å²) in [4.78, 5) is 0. The summed E-state index contributed by atoms with van der Waals surface area (Å²) in [5.41, 5.74) is 2.84. The van der Waals surface area contributed by atoms with Crippen molar-refractivity contribution in [2.45, 2.75) is 52.0 Å². The monoisotopic (exact) mass is 261 g/mol. The molecule has 1 fully saturated rings. The number of benzene rings is 1. The third-order valence-electron chi connectivity index (χ3n) is 4.10. The number of hydrogen-bond acceptors (Lipinski definition) is 2. The summed E-state index contributed by atoms with van der Waals surface area (Å²) >= 11 is 0. The van der Waals surface area contributed by atoms with Gasteiger partial charge < -0.3 is 10.1 Å². The van der Waals surface area contributed by atoms with E-state index in [0.29, 0.717) is 6.04 Å². The van der Waals surface area contributed by atoms with Crippen LogP contribution in [0.3, 0.4) is 0 Å². The predicted octanol–water partition coefficient (Wildman–Crippen LogP) is 4.21. The lowest BCUT2D eigenvalue weighted by Crippen LogP contribution is -2.31. The summed E-state index contributed by atoms with van der Waals surface area (Å²) in [6.07, 6.45) is 2.35. The first-order chi connectivity index (χ1) is 8.97. The standard InChI is InChI=1S/C17H27NO/c1-13(14-8-10-19-11-9-14)18-16-7-5-6-15(12-16)17(2,3)4/h5-7,12-14,18H,8-11H2,1-4H3. The number of nitrogens with one attached hydrogen (secondary N) is 1. The molecule has 2 nitrogen and oxygen atoms in total. The largest absolute Gasteiger partial charge is 0.382 e. The number of rotatable bonds is 3. The molecular weight excluding hydrogens is 234 g/mol. The highest BCUT2D eigenvalue weighted by Crippen LogP contribution is 2.26. The Morgan fingerprint density at radius 3 is 2.53 bits per heavy atom. The average Bonchev–Trinajstić information content (AvgIpc) is 2.39. The first-order valence-corrected chi connectivity index (χ1v) is 7.41. The van der Waals surface area contributed by atoms with Crippen LogP contribution in [-0.2, 0) is 10.2 Å². The summed E-state index contributed by atoms with van der Waals surface area (Å²) in [6.45, 7) is 10.9. The van der Waals surface area contributed by atoms with E-state index < -0.39 is 0 Å². The Hall–Kier alpha value is -1.02. The van der Waals surface area contributed by atoms with Gasteiger partial charge in [0.1, 0.15) is 0 Å². The van der Waals surface area contributed by atoms with E-state index in [1.807, 2.05) is 0 Å². The topological polar surface area (TPSA) is 21.3 Å². The van der Waals surface area contributed by atoms with Crippen LogP contribution >= 0.6 is 0 Å². The van der Waals surface area contributed by atoms with Crippen molar-refractivity contribution in [2.75, 3.05) is 18.5 Å². The minimum Gasteiger partial charge on any atom is -0.382 e. The molecule has 0 aromatic heterocycles. The third kappa shape index (κ3) is 3.97. The molecule has 19 heavy (non-hydrogen) atoms. The van der Waals surface area contributed by atoms with Crippen molar-refractivity contribution in [3.63, 3.8) is 0 Å². The quantitative estimate of drug-likeness (QED) is 0.880. The lowest BCUT2D eigenvalue weighted by Gasteiger charge is -2.29. The lowest BCUT2D eigenvalue weighted by molar-refractivity contribution is 0.0622. The van der Waals surface area contributed by atoms with E-state index in [4.69, 9.17) is 4.74 Å². The van der Waals surface area contributed by atoms with Crippen LogP contribution in [-0.4, -0.2) is 19.3 Å². The van der Waals surface area contributed by atoms with Crippen LogP contribution in [0.2, 0.25) is 0 Å². The summed E-state index contributed by atoms with van der Waals surface area (Å²) in [5, 5.41) is 3.67. The van der Waals surface area contributed by atoms with Crippen LogP contribution in [0.5, 0.6) is 0 Å². The van der Waals surface area contributed by atoms with Gasteiger partial charge in [0, 0.05) is 24.9 Å². The van der Waals surface area contributed by atoms with Crippen LogP contribution in [0, 0.1) is 5.92 Å². The zero-order valence-electron chi connectivity index (χ0n) is 12.7. The Morgan fingerprint density at radius 1 is 1.21 bits per heavy atom. The highest BCUT2D eigenvalue weighted by atomic mass is 16.5. The van der Waals surface area contributed by atoms with Gasteiger partial charge in [-0.3, -0.25) is 0 Å². The number of anilines is 1. The SMILES string of the molecule is CC(Nc1cccc(C(C)(C)C)c1)C1CCOCC1. The molecule has 0 amide bonds. The molecule has 0 aliphatic carbocycles. The van der Waals surface area contributed by atoms with Gasteiger partial charge in [-0.1, -0.05) is 32.9 Å². The van der Waals surface area contributed by atoms with E-state index in [2.05, 4.69) is 57.3 Å². The molecular formula is C17H27NO. The molecule has 1 atom stereocenters. The molecule has 2 heteroatoms. The Kier molecular flexibility index (Phi) is 4.51. The zero-order valence-corrected chi connectivity index (χ0v) is 12.7. The first kappa shape index (κ1) is 14.4. The van der Waals surface area contributed by atoms with E-state index in [9.17, 15) is 0 Å². The molecule has 0 radical (unpaired) electrons. The summed E-state index contributed by atoms with van der Waals surface area (Å²) in [5.74, 6) is 0.729. The molecule has 1 aromatic carbocycles. The van der Waals surface area contributed by atoms with Crippen molar-refractivity contribution in [3.05, 3.63) is 29.8 Å². The van der Waals surface area contributed by atoms with Crippen LogP contribution in [0.25, 0.3) is 0 Å². The molecule has 1 aliphatic rings. The minimum absolute atomic E-state index is 0.208. The fourth-order valence-corrected chi connectivity index (χ4v) is 2.67. The third-order valence-corrected chi connectivity index (χ3v) is 4.10. The van der Waals surface area contributed by atoms with Gasteiger partial charge in [0.05, 0.1) is 0 Å². The van der Waals surface area contributed by atoms with Gasteiger partial charge in [0.25, 0.3) is 0 Å². The number of hydrogen-bond donors (Lipinski definition) is 1. The molecule has 1 heterocycles. The van der Waals surface area contributed by atoms with Crippen molar-refractivity contribution in [1.82, 2.24) is 0 Å². The maximum atomic E-state index is 5.44. The number of ether oxygens (including phenoxy) is 1. The molecule has 106 valence electrons. The van der Waals surface area contributed by atoms with Gasteiger partial charge >= 0.3 is 0 Å². The minimum atomic E-state index is 0.208. The lowest BCUT2D eigenvalue weighted by atomic mass is 9.86. The van der Waals surface area contributed by atoms with Crippen molar-refractivity contribution in [3.8, 4) is 0 Å². The second-order valence-electron chi connectivity index (χ2n) is 6.71. The fraction of sp³-hybridized carbons (Fsp3) is 0.647. The normalized spacial score (nSPS) is 19.2. The molecule has 1 unspecified atom stereocenters. The summed E-state index contributed by atoms with van der Waals surface area (Å²) in [6, 6.07) is 9.34. The Labute approximate surface area is 117 Å². The smallest absolute Gasteiger partial charge is 0.0469 e. The second kappa shape index (κ2) is 5.96. The molecule has 1 aliphatic heterocycles. The molecule has 0 saturated carbocycles. The molecule has 0 bridgehead atoms. The summed E-state index contributed by atoms with van der Waals surface area (Å²) < 4.78 is 5.44. The Bertz CT molecular complexity index is 402. The van der Waals surface area contributed by atoms with Gasteiger partial charge in [-0.25, -0.2) is 0 Å². The van der Waals surface area contributed by atoms with Crippen molar-refractivity contribution < 1.29 is 4.74 Å². The van der Waals surface area contributed by atoms with Crippen LogP contribution in [0.4, 0.5) is 5.69 Å². The molecule has 2 rings (SSSR count). The van der Waals surface area contributed by atoms with Gasteiger partial charge in [-0.05, 0) is 48.8 Å². The van der Waals surface area contributed by atoms with Gasteiger partial charge in [0.2, 0.25) is 0 Å². The molecule has 1 N–H and O–H groups in total. The molecule has 0 spiro atoms. The average molecular weight is 261 g/mol. The van der Waals surface area contributed by atoms with Crippen molar-refractivity contribution >= 4 is 5.69 Å². The van der Waals surface area contributed by atoms with Crippen LogP contribution in [0.15, 0.2) is 24.3 Å². The zero-order chi connectivity index (χ0) is 13.9. The highest BCUT2D eigenvalue weighted by Gasteiger charge is 2.20. The molecule has 1 aromatic rings. The van der Waals surface area contributed by atoms with E-state index in [1.165, 1.54) is 24.1 Å². The van der Waals surface area contributed by atoms with Gasteiger partial charge in [-0.2, -0.15) is 0 Å². The van der Waals surface area contributed by atoms with E-state index in [0.717, 1.165) is 19.1 Å². The Balaban J connectivity index is 2.02. The van der Waals surface area contributed by atoms with E-state index >= 15 is 0 Å². The van der Waals surface area contributed by atoms with Crippen molar-refractivity contribution in [2.24, 2.45) is 5.92 Å². The van der Waals surface area contributed by atoms with Crippen LogP contribution in [0.1, 0.15) is 46.1 Å². The maximum Gasteiger partial charge on any atom is 0.0469 e. The highest BCUT2D eigenvalue weighted by molar-refractivity contribution is 5.48. The van der Waals surface area contributed by atoms with Crippen molar-refractivity contribution in [1.29, 1.82) is 0 Å². The first-order valence-electron chi connectivity index (χ1n) is 7.41. The van der Waals surface area contributed by atoms with E-state index in [1.54, 1.807) is 0 Å². The van der Waals surface area contributed by atoms with E-state index in [-0.39, 0.29) is 5.41 Å². The molecule has 1 saturated heterocycles.